The zero-order chi connectivity index (χ0) is 9.56. The summed E-state index contributed by atoms with van der Waals surface area (Å²) in [6.45, 7) is 5.91. The van der Waals surface area contributed by atoms with E-state index < -0.39 is 5.91 Å². The van der Waals surface area contributed by atoms with Crippen LogP contribution < -0.4 is 5.73 Å². The van der Waals surface area contributed by atoms with E-state index in [9.17, 15) is 4.79 Å². The summed E-state index contributed by atoms with van der Waals surface area (Å²) in [6.07, 6.45) is 0.722. The highest BCUT2D eigenvalue weighted by Gasteiger charge is 2.05. The second-order valence-corrected chi connectivity index (χ2v) is 1.90. The summed E-state index contributed by atoms with van der Waals surface area (Å²) >= 11 is 0. The summed E-state index contributed by atoms with van der Waals surface area (Å²) in [4.78, 5) is 10.4. The van der Waals surface area contributed by atoms with E-state index in [0.717, 1.165) is 6.42 Å². The number of rotatable bonds is 2. The molecule has 4 nitrogen and oxygen atoms in total. The number of carbonyl (C=O) groups is 1. The summed E-state index contributed by atoms with van der Waals surface area (Å²) in [5.74, 6) is 0.122. The molecule has 2 N–H and O–H groups in total. The van der Waals surface area contributed by atoms with Crippen LogP contribution in [0.1, 0.15) is 37.0 Å². The third-order valence-electron chi connectivity index (χ3n) is 1.16. The lowest BCUT2D eigenvalue weighted by Gasteiger charge is -1.78. The number of amides is 1. The second kappa shape index (κ2) is 5.35. The zero-order valence-electron chi connectivity index (χ0n) is 7.63. The Morgan fingerprint density at radius 1 is 1.67 bits per heavy atom. The molecule has 0 aromatic carbocycles. The zero-order valence-corrected chi connectivity index (χ0v) is 7.63. The lowest BCUT2D eigenvalue weighted by Crippen LogP contribution is -2.10. The Labute approximate surface area is 71.7 Å². The number of nitrogens with zero attached hydrogens (tertiary/aromatic N) is 1. The molecule has 68 valence electrons. The minimum atomic E-state index is -0.552. The van der Waals surface area contributed by atoms with Gasteiger partial charge in [-0.1, -0.05) is 25.9 Å². The Bertz CT molecular complexity index is 243. The van der Waals surface area contributed by atoms with Gasteiger partial charge in [-0.15, -0.1) is 0 Å². The van der Waals surface area contributed by atoms with Gasteiger partial charge in [0.1, 0.15) is 5.76 Å². The van der Waals surface area contributed by atoms with Crippen LogP contribution in [0.2, 0.25) is 0 Å². The van der Waals surface area contributed by atoms with Gasteiger partial charge in [0, 0.05) is 12.5 Å². The monoisotopic (exact) mass is 170 g/mol. The van der Waals surface area contributed by atoms with Gasteiger partial charge >= 0.3 is 0 Å². The van der Waals surface area contributed by atoms with Crippen molar-refractivity contribution in [2.45, 2.75) is 27.2 Å². The van der Waals surface area contributed by atoms with Gasteiger partial charge in [-0.2, -0.15) is 0 Å². The van der Waals surface area contributed by atoms with E-state index in [1.165, 1.54) is 0 Å². The summed E-state index contributed by atoms with van der Waals surface area (Å²) in [7, 11) is 0. The molecule has 1 rings (SSSR count). The molecule has 4 heteroatoms. The highest BCUT2D eigenvalue weighted by molar-refractivity contribution is 5.90. The first-order valence-electron chi connectivity index (χ1n) is 3.99. The predicted octanol–water partition coefficient (Wildman–Crippen LogP) is 1.36. The van der Waals surface area contributed by atoms with E-state index in [-0.39, 0.29) is 5.69 Å². The number of hydrogen-bond acceptors (Lipinski definition) is 3. The average Bonchev–Trinajstić information content (AvgIpc) is 2.55. The van der Waals surface area contributed by atoms with Crippen LogP contribution in [0.15, 0.2) is 10.6 Å². The molecule has 1 heterocycles. The van der Waals surface area contributed by atoms with E-state index in [1.54, 1.807) is 6.07 Å². The van der Waals surface area contributed by atoms with Crippen molar-refractivity contribution in [3.05, 3.63) is 17.5 Å². The smallest absolute Gasteiger partial charge is 0.270 e. The summed E-state index contributed by atoms with van der Waals surface area (Å²) in [5, 5.41) is 3.44. The second-order valence-electron chi connectivity index (χ2n) is 1.90. The van der Waals surface area contributed by atoms with Gasteiger partial charge in [-0.25, -0.2) is 0 Å². The molecule has 0 aliphatic heterocycles. The maximum Gasteiger partial charge on any atom is 0.270 e. The van der Waals surface area contributed by atoms with E-state index in [2.05, 4.69) is 5.16 Å². The lowest BCUT2D eigenvalue weighted by atomic mass is 10.3. The molecule has 0 aliphatic carbocycles. The number of primary amides is 1. The predicted molar refractivity (Wildman–Crippen MR) is 45.7 cm³/mol. The van der Waals surface area contributed by atoms with Crippen molar-refractivity contribution in [3.63, 3.8) is 0 Å². The standard InChI is InChI=1S/C6H8N2O2.C2H6/c1-2-4-3-5(6(7)9)8-10-4;1-2/h3H,2H2,1H3,(H2,7,9);1-2H3. The largest absolute Gasteiger partial charge is 0.364 e. The van der Waals surface area contributed by atoms with Crippen molar-refractivity contribution in [2.75, 3.05) is 0 Å². The van der Waals surface area contributed by atoms with Gasteiger partial charge in [-0.3, -0.25) is 4.79 Å². The molecule has 0 unspecified atom stereocenters. The summed E-state index contributed by atoms with van der Waals surface area (Å²) < 4.78 is 4.72. The van der Waals surface area contributed by atoms with E-state index in [4.69, 9.17) is 10.3 Å². The Kier molecular flexibility index (Phi) is 4.76. The van der Waals surface area contributed by atoms with Gasteiger partial charge < -0.3 is 10.3 Å². The number of carbonyl (C=O) groups excluding carboxylic acids is 1. The molecule has 1 aromatic rings. The summed E-state index contributed by atoms with van der Waals surface area (Å²) in [5.41, 5.74) is 5.11. The number of aromatic nitrogens is 1. The van der Waals surface area contributed by atoms with Crippen LogP contribution in [-0.4, -0.2) is 11.1 Å². The van der Waals surface area contributed by atoms with Crippen LogP contribution in [-0.2, 0) is 6.42 Å². The van der Waals surface area contributed by atoms with Crippen LogP contribution >= 0.6 is 0 Å². The quantitative estimate of drug-likeness (QED) is 0.728. The molecular formula is C8H14N2O2. The minimum absolute atomic E-state index is 0.192. The van der Waals surface area contributed by atoms with Crippen LogP contribution in [0.5, 0.6) is 0 Å². The van der Waals surface area contributed by atoms with E-state index in [0.29, 0.717) is 5.76 Å². The topological polar surface area (TPSA) is 69.1 Å². The first kappa shape index (κ1) is 10.7. The van der Waals surface area contributed by atoms with E-state index >= 15 is 0 Å². The highest BCUT2D eigenvalue weighted by atomic mass is 16.5. The van der Waals surface area contributed by atoms with Gasteiger partial charge in [0.05, 0.1) is 0 Å². The molecule has 0 atom stereocenters. The lowest BCUT2D eigenvalue weighted by molar-refractivity contribution is 0.0991. The van der Waals surface area contributed by atoms with Crippen molar-refractivity contribution < 1.29 is 9.32 Å². The summed E-state index contributed by atoms with van der Waals surface area (Å²) in [6, 6.07) is 1.54. The van der Waals surface area contributed by atoms with Crippen molar-refractivity contribution in [3.8, 4) is 0 Å². The Hall–Kier alpha value is -1.32. The maximum atomic E-state index is 10.4. The van der Waals surface area contributed by atoms with Crippen molar-refractivity contribution in [1.82, 2.24) is 5.16 Å². The number of aryl methyl sites for hydroxylation is 1. The third kappa shape index (κ3) is 2.74. The Balaban J connectivity index is 0.000000561. The Morgan fingerprint density at radius 3 is 2.50 bits per heavy atom. The maximum absolute atomic E-state index is 10.4. The fourth-order valence-corrected chi connectivity index (χ4v) is 0.596. The first-order valence-corrected chi connectivity index (χ1v) is 3.99. The van der Waals surface area contributed by atoms with Crippen molar-refractivity contribution in [2.24, 2.45) is 5.73 Å². The fraction of sp³-hybridized carbons (Fsp3) is 0.500. The number of hydrogen-bond donors (Lipinski definition) is 1. The molecule has 0 aliphatic rings. The molecule has 0 spiro atoms. The molecule has 12 heavy (non-hydrogen) atoms. The Morgan fingerprint density at radius 2 is 2.25 bits per heavy atom. The number of nitrogens with two attached hydrogens (primary N) is 1. The van der Waals surface area contributed by atoms with Crippen LogP contribution in [0.4, 0.5) is 0 Å². The highest BCUT2D eigenvalue weighted by Crippen LogP contribution is 2.02. The average molecular weight is 170 g/mol. The van der Waals surface area contributed by atoms with Gasteiger partial charge in [0.15, 0.2) is 5.69 Å². The third-order valence-corrected chi connectivity index (χ3v) is 1.16. The van der Waals surface area contributed by atoms with E-state index in [1.807, 2.05) is 20.8 Å². The van der Waals surface area contributed by atoms with Crippen molar-refractivity contribution >= 4 is 5.91 Å². The molecule has 0 fully saturated rings. The fourth-order valence-electron chi connectivity index (χ4n) is 0.596. The first-order chi connectivity index (χ1) is 5.74. The molecular weight excluding hydrogens is 156 g/mol. The molecule has 0 saturated carbocycles. The molecule has 1 amide bonds. The van der Waals surface area contributed by atoms with Gasteiger partial charge in [0.2, 0.25) is 0 Å². The van der Waals surface area contributed by atoms with Crippen molar-refractivity contribution in [1.29, 1.82) is 0 Å². The van der Waals surface area contributed by atoms with Gasteiger partial charge in [0.25, 0.3) is 5.91 Å². The molecule has 0 radical (unpaired) electrons. The normalized spacial score (nSPS) is 8.58. The van der Waals surface area contributed by atoms with Gasteiger partial charge in [-0.05, 0) is 0 Å². The van der Waals surface area contributed by atoms with Crippen LogP contribution in [0, 0.1) is 0 Å². The SMILES string of the molecule is CC.CCc1cc(C(N)=O)no1. The minimum Gasteiger partial charge on any atom is -0.364 e. The molecule has 1 aromatic heterocycles. The van der Waals surface area contributed by atoms with Crippen LogP contribution in [0.3, 0.4) is 0 Å². The molecule has 0 saturated heterocycles. The van der Waals surface area contributed by atoms with Crippen LogP contribution in [0.25, 0.3) is 0 Å². The molecule has 0 bridgehead atoms.